The van der Waals surface area contributed by atoms with Crippen molar-refractivity contribution in [3.05, 3.63) is 42.5 Å². The van der Waals surface area contributed by atoms with E-state index in [1.807, 2.05) is 0 Å². The van der Waals surface area contributed by atoms with Gasteiger partial charge in [0.1, 0.15) is 12.7 Å². The lowest BCUT2D eigenvalue weighted by atomic mass is 10.1. The monoisotopic (exact) mass is 302 g/mol. The average Bonchev–Trinajstić information content (AvgIpc) is 3.07. The van der Waals surface area contributed by atoms with Crippen molar-refractivity contribution in [3.8, 4) is 5.69 Å². The van der Waals surface area contributed by atoms with Crippen molar-refractivity contribution < 1.29 is 14.3 Å². The molecule has 0 aliphatic rings. The SMILES string of the molecule is COC(=O)C(C)CN(C)C(=O)c1ccc(-n2cncn2)cc1. The molecule has 22 heavy (non-hydrogen) atoms. The second-order valence-corrected chi connectivity index (χ2v) is 5.00. The van der Waals surface area contributed by atoms with Gasteiger partial charge in [-0.25, -0.2) is 9.67 Å². The molecule has 0 aliphatic carbocycles. The fraction of sp³-hybridized carbons (Fsp3) is 0.333. The van der Waals surface area contributed by atoms with Gasteiger partial charge in [-0.05, 0) is 24.3 Å². The number of hydrogen-bond acceptors (Lipinski definition) is 5. The number of carbonyl (C=O) groups is 2. The number of hydrogen-bond donors (Lipinski definition) is 0. The highest BCUT2D eigenvalue weighted by Crippen LogP contribution is 2.11. The number of carbonyl (C=O) groups excluding carboxylic acids is 2. The van der Waals surface area contributed by atoms with Gasteiger partial charge in [0.15, 0.2) is 0 Å². The molecule has 0 saturated heterocycles. The number of nitrogens with zero attached hydrogens (tertiary/aromatic N) is 4. The van der Waals surface area contributed by atoms with Crippen molar-refractivity contribution in [2.24, 2.45) is 5.92 Å². The Morgan fingerprint density at radius 2 is 2.00 bits per heavy atom. The second-order valence-electron chi connectivity index (χ2n) is 5.00. The van der Waals surface area contributed by atoms with E-state index in [9.17, 15) is 9.59 Å². The van der Waals surface area contributed by atoms with Crippen LogP contribution in [0.15, 0.2) is 36.9 Å². The number of amides is 1. The van der Waals surface area contributed by atoms with Crippen molar-refractivity contribution in [3.63, 3.8) is 0 Å². The third-order valence-corrected chi connectivity index (χ3v) is 3.30. The van der Waals surface area contributed by atoms with E-state index in [1.54, 1.807) is 49.2 Å². The molecule has 0 saturated carbocycles. The Morgan fingerprint density at radius 1 is 1.32 bits per heavy atom. The Hall–Kier alpha value is -2.70. The van der Waals surface area contributed by atoms with Crippen LogP contribution in [0, 0.1) is 5.92 Å². The van der Waals surface area contributed by atoms with Crippen molar-refractivity contribution in [2.75, 3.05) is 20.7 Å². The molecule has 0 fully saturated rings. The summed E-state index contributed by atoms with van der Waals surface area (Å²) in [6.45, 7) is 2.03. The quantitative estimate of drug-likeness (QED) is 0.774. The maximum absolute atomic E-state index is 12.3. The molecule has 0 N–H and O–H groups in total. The molecule has 0 aliphatic heterocycles. The minimum Gasteiger partial charge on any atom is -0.469 e. The second kappa shape index (κ2) is 6.84. The molecule has 2 aromatic rings. The Labute approximate surface area is 128 Å². The largest absolute Gasteiger partial charge is 0.469 e. The highest BCUT2D eigenvalue weighted by atomic mass is 16.5. The molecule has 2 rings (SSSR count). The highest BCUT2D eigenvalue weighted by Gasteiger charge is 2.19. The molecule has 7 heteroatoms. The van der Waals surface area contributed by atoms with Crippen molar-refractivity contribution in [2.45, 2.75) is 6.92 Å². The summed E-state index contributed by atoms with van der Waals surface area (Å²) in [6, 6.07) is 7.02. The van der Waals surface area contributed by atoms with Gasteiger partial charge in [0, 0.05) is 19.2 Å². The standard InChI is InChI=1S/C15H18N4O3/c1-11(15(21)22-3)8-18(2)14(20)12-4-6-13(7-5-12)19-10-16-9-17-19/h4-7,9-11H,8H2,1-3H3. The van der Waals surface area contributed by atoms with Gasteiger partial charge in [0.25, 0.3) is 5.91 Å². The molecular formula is C15H18N4O3. The molecule has 0 spiro atoms. The van der Waals surface area contributed by atoms with E-state index in [0.717, 1.165) is 5.69 Å². The summed E-state index contributed by atoms with van der Waals surface area (Å²) in [6.07, 6.45) is 3.03. The molecule has 1 atom stereocenters. The van der Waals surface area contributed by atoms with Gasteiger partial charge in [0.2, 0.25) is 0 Å². The summed E-state index contributed by atoms with van der Waals surface area (Å²) < 4.78 is 6.27. The smallest absolute Gasteiger partial charge is 0.310 e. The molecule has 116 valence electrons. The van der Waals surface area contributed by atoms with Crippen LogP contribution in [0.2, 0.25) is 0 Å². The van der Waals surface area contributed by atoms with Gasteiger partial charge in [0.05, 0.1) is 18.7 Å². The topological polar surface area (TPSA) is 77.3 Å². The lowest BCUT2D eigenvalue weighted by Gasteiger charge is -2.20. The molecule has 1 amide bonds. The zero-order valence-corrected chi connectivity index (χ0v) is 12.8. The van der Waals surface area contributed by atoms with Gasteiger partial charge >= 0.3 is 5.97 Å². The third kappa shape index (κ3) is 3.49. The number of esters is 1. The van der Waals surface area contributed by atoms with Crippen LogP contribution in [0.25, 0.3) is 5.69 Å². The summed E-state index contributed by atoms with van der Waals surface area (Å²) in [5.74, 6) is -0.851. The number of ether oxygens (including phenoxy) is 1. The summed E-state index contributed by atoms with van der Waals surface area (Å²) >= 11 is 0. The Balaban J connectivity index is 2.04. The van der Waals surface area contributed by atoms with Gasteiger partial charge in [-0.3, -0.25) is 9.59 Å². The van der Waals surface area contributed by atoms with Crippen molar-refractivity contribution in [1.82, 2.24) is 19.7 Å². The van der Waals surface area contributed by atoms with Crippen molar-refractivity contribution >= 4 is 11.9 Å². The molecule has 1 aromatic carbocycles. The molecule has 1 unspecified atom stereocenters. The first-order chi connectivity index (χ1) is 10.5. The molecule has 0 radical (unpaired) electrons. The van der Waals surface area contributed by atoms with E-state index < -0.39 is 0 Å². The van der Waals surface area contributed by atoms with E-state index in [1.165, 1.54) is 18.3 Å². The van der Waals surface area contributed by atoms with Crippen LogP contribution < -0.4 is 0 Å². The molecular weight excluding hydrogens is 284 g/mol. The van der Waals surface area contributed by atoms with Gasteiger partial charge in [-0.2, -0.15) is 5.10 Å². The predicted octanol–water partition coefficient (Wildman–Crippen LogP) is 1.15. The fourth-order valence-electron chi connectivity index (χ4n) is 2.09. The van der Waals surface area contributed by atoms with E-state index in [4.69, 9.17) is 0 Å². The summed E-state index contributed by atoms with van der Waals surface area (Å²) in [5, 5.41) is 4.02. The lowest BCUT2D eigenvalue weighted by molar-refractivity contribution is -0.145. The van der Waals surface area contributed by atoms with Crippen LogP contribution in [-0.4, -0.2) is 52.2 Å². The van der Waals surface area contributed by atoms with Crippen LogP contribution in [0.3, 0.4) is 0 Å². The zero-order valence-electron chi connectivity index (χ0n) is 12.8. The summed E-state index contributed by atoms with van der Waals surface area (Å²) in [5.41, 5.74) is 1.36. The van der Waals surface area contributed by atoms with Gasteiger partial charge in [-0.15, -0.1) is 0 Å². The van der Waals surface area contributed by atoms with Gasteiger partial charge in [-0.1, -0.05) is 6.92 Å². The number of aromatic nitrogens is 3. The van der Waals surface area contributed by atoms with Crippen LogP contribution in [-0.2, 0) is 9.53 Å². The normalized spacial score (nSPS) is 11.8. The van der Waals surface area contributed by atoms with Crippen molar-refractivity contribution in [1.29, 1.82) is 0 Å². The van der Waals surface area contributed by atoms with E-state index in [0.29, 0.717) is 12.1 Å². The lowest BCUT2D eigenvalue weighted by Crippen LogP contribution is -2.34. The average molecular weight is 302 g/mol. The molecule has 7 nitrogen and oxygen atoms in total. The van der Waals surface area contributed by atoms with Crippen LogP contribution in [0.4, 0.5) is 0 Å². The summed E-state index contributed by atoms with van der Waals surface area (Å²) in [7, 11) is 3.00. The summed E-state index contributed by atoms with van der Waals surface area (Å²) in [4.78, 5) is 29.1. The Kier molecular flexibility index (Phi) is 4.88. The van der Waals surface area contributed by atoms with Crippen LogP contribution in [0.5, 0.6) is 0 Å². The number of benzene rings is 1. The number of rotatable bonds is 5. The molecule has 0 bridgehead atoms. The Bertz CT molecular complexity index is 637. The first-order valence-electron chi connectivity index (χ1n) is 6.81. The fourth-order valence-corrected chi connectivity index (χ4v) is 2.09. The molecule has 1 aromatic heterocycles. The Morgan fingerprint density at radius 3 is 2.55 bits per heavy atom. The van der Waals surface area contributed by atoms with Crippen LogP contribution in [0.1, 0.15) is 17.3 Å². The highest BCUT2D eigenvalue weighted by molar-refractivity contribution is 5.94. The van der Waals surface area contributed by atoms with Gasteiger partial charge < -0.3 is 9.64 Å². The third-order valence-electron chi connectivity index (χ3n) is 3.30. The predicted molar refractivity (Wildman–Crippen MR) is 79.5 cm³/mol. The van der Waals surface area contributed by atoms with E-state index in [-0.39, 0.29) is 17.8 Å². The maximum atomic E-state index is 12.3. The minimum absolute atomic E-state index is 0.152. The van der Waals surface area contributed by atoms with Crippen LogP contribution >= 0.6 is 0 Å². The van der Waals surface area contributed by atoms with E-state index >= 15 is 0 Å². The minimum atomic E-state index is -0.367. The number of methoxy groups -OCH3 is 1. The zero-order chi connectivity index (χ0) is 16.1. The maximum Gasteiger partial charge on any atom is 0.310 e. The first kappa shape index (κ1) is 15.7. The van der Waals surface area contributed by atoms with E-state index in [2.05, 4.69) is 14.8 Å². The molecule has 1 heterocycles. The first-order valence-corrected chi connectivity index (χ1v) is 6.81.